The molecule has 9 heteroatoms. The molecule has 0 radical (unpaired) electrons. The SMILES string of the molecule is CC(C)N(C)S(=O)(=O)c1ccc(CNc2cc(F)ccc2[N+](=O)[O-])cc1. The highest BCUT2D eigenvalue weighted by Gasteiger charge is 2.22. The summed E-state index contributed by atoms with van der Waals surface area (Å²) in [5, 5.41) is 13.8. The maximum absolute atomic E-state index is 13.3. The molecular weight excluding hydrogens is 361 g/mol. The van der Waals surface area contributed by atoms with Crippen LogP contribution >= 0.6 is 0 Å². The Kier molecular flexibility index (Phi) is 5.94. The topological polar surface area (TPSA) is 92.6 Å². The van der Waals surface area contributed by atoms with Gasteiger partial charge < -0.3 is 5.32 Å². The number of sulfonamides is 1. The number of benzene rings is 2. The first-order chi connectivity index (χ1) is 12.1. The second-order valence-corrected chi connectivity index (χ2v) is 8.03. The van der Waals surface area contributed by atoms with E-state index in [0.717, 1.165) is 18.2 Å². The molecule has 2 aromatic rings. The summed E-state index contributed by atoms with van der Waals surface area (Å²) in [4.78, 5) is 10.6. The summed E-state index contributed by atoms with van der Waals surface area (Å²) in [7, 11) is -2.06. The van der Waals surface area contributed by atoms with E-state index in [1.807, 2.05) is 0 Å². The number of nitrogens with one attached hydrogen (secondary N) is 1. The zero-order valence-corrected chi connectivity index (χ0v) is 15.5. The third-order valence-corrected chi connectivity index (χ3v) is 6.01. The molecule has 0 aliphatic heterocycles. The summed E-state index contributed by atoms with van der Waals surface area (Å²) in [5.74, 6) is -0.587. The molecule has 140 valence electrons. The molecule has 0 heterocycles. The molecule has 2 aromatic carbocycles. The van der Waals surface area contributed by atoms with Crippen molar-refractivity contribution in [2.45, 2.75) is 31.3 Å². The molecule has 26 heavy (non-hydrogen) atoms. The van der Waals surface area contributed by atoms with Crippen LogP contribution in [0.15, 0.2) is 47.4 Å². The normalized spacial score (nSPS) is 11.8. The minimum atomic E-state index is -3.57. The van der Waals surface area contributed by atoms with Gasteiger partial charge in [0.05, 0.1) is 9.82 Å². The molecule has 0 aromatic heterocycles. The fraction of sp³-hybridized carbons (Fsp3) is 0.294. The van der Waals surface area contributed by atoms with Gasteiger partial charge in [-0.15, -0.1) is 0 Å². The van der Waals surface area contributed by atoms with E-state index in [1.165, 1.54) is 23.5 Å². The van der Waals surface area contributed by atoms with E-state index in [1.54, 1.807) is 26.0 Å². The smallest absolute Gasteiger partial charge is 0.292 e. The molecule has 0 fully saturated rings. The molecule has 0 aliphatic rings. The van der Waals surface area contributed by atoms with Crippen LogP contribution in [0.2, 0.25) is 0 Å². The van der Waals surface area contributed by atoms with E-state index in [-0.39, 0.29) is 28.9 Å². The lowest BCUT2D eigenvalue weighted by Crippen LogP contribution is -2.33. The van der Waals surface area contributed by atoms with E-state index in [2.05, 4.69) is 5.32 Å². The van der Waals surface area contributed by atoms with Crippen LogP contribution in [0, 0.1) is 15.9 Å². The average Bonchev–Trinajstić information content (AvgIpc) is 2.59. The van der Waals surface area contributed by atoms with Crippen molar-refractivity contribution in [2.75, 3.05) is 12.4 Å². The Morgan fingerprint density at radius 1 is 1.19 bits per heavy atom. The van der Waals surface area contributed by atoms with Gasteiger partial charge in [-0.3, -0.25) is 10.1 Å². The van der Waals surface area contributed by atoms with E-state index in [9.17, 15) is 22.9 Å². The second-order valence-electron chi connectivity index (χ2n) is 6.03. The Hall–Kier alpha value is -2.52. The average molecular weight is 381 g/mol. The third-order valence-electron chi connectivity index (χ3n) is 3.97. The molecule has 0 amide bonds. The van der Waals surface area contributed by atoms with Gasteiger partial charge in [-0.05, 0) is 37.6 Å². The molecule has 7 nitrogen and oxygen atoms in total. The van der Waals surface area contributed by atoms with Gasteiger partial charge in [-0.25, -0.2) is 12.8 Å². The monoisotopic (exact) mass is 381 g/mol. The lowest BCUT2D eigenvalue weighted by Gasteiger charge is -2.21. The largest absolute Gasteiger partial charge is 0.375 e. The number of anilines is 1. The Balaban J connectivity index is 2.16. The van der Waals surface area contributed by atoms with Crippen LogP contribution in [0.3, 0.4) is 0 Å². The maximum atomic E-state index is 13.3. The predicted molar refractivity (Wildman–Crippen MR) is 96.9 cm³/mol. The molecule has 0 saturated carbocycles. The van der Waals surface area contributed by atoms with Gasteiger partial charge in [0.15, 0.2) is 0 Å². The van der Waals surface area contributed by atoms with Crippen LogP contribution in [-0.2, 0) is 16.6 Å². The fourth-order valence-electron chi connectivity index (χ4n) is 2.23. The van der Waals surface area contributed by atoms with Crippen molar-refractivity contribution in [1.29, 1.82) is 0 Å². The van der Waals surface area contributed by atoms with Gasteiger partial charge >= 0.3 is 0 Å². The van der Waals surface area contributed by atoms with E-state index >= 15 is 0 Å². The van der Waals surface area contributed by atoms with Crippen molar-refractivity contribution in [2.24, 2.45) is 0 Å². The highest BCUT2D eigenvalue weighted by molar-refractivity contribution is 7.89. The van der Waals surface area contributed by atoms with Crippen LogP contribution in [0.4, 0.5) is 15.8 Å². The van der Waals surface area contributed by atoms with E-state index < -0.39 is 20.8 Å². The molecule has 0 unspecified atom stereocenters. The predicted octanol–water partition coefficient (Wildman–Crippen LogP) is 3.37. The number of hydrogen-bond acceptors (Lipinski definition) is 5. The molecule has 0 atom stereocenters. The van der Waals surface area contributed by atoms with Crippen LogP contribution < -0.4 is 5.32 Å². The van der Waals surface area contributed by atoms with Gasteiger partial charge in [-0.2, -0.15) is 4.31 Å². The molecule has 1 N–H and O–H groups in total. The van der Waals surface area contributed by atoms with Crippen LogP contribution in [0.5, 0.6) is 0 Å². The van der Waals surface area contributed by atoms with Crippen molar-refractivity contribution in [1.82, 2.24) is 4.31 Å². The van der Waals surface area contributed by atoms with Crippen molar-refractivity contribution in [3.05, 3.63) is 64.0 Å². The second kappa shape index (κ2) is 7.79. The van der Waals surface area contributed by atoms with Crippen LogP contribution in [-0.4, -0.2) is 30.7 Å². The summed E-state index contributed by atoms with van der Waals surface area (Å²) in [6.45, 7) is 3.74. The highest BCUT2D eigenvalue weighted by Crippen LogP contribution is 2.25. The summed E-state index contributed by atoms with van der Waals surface area (Å²) >= 11 is 0. The molecule has 0 bridgehead atoms. The minimum Gasteiger partial charge on any atom is -0.375 e. The number of hydrogen-bond donors (Lipinski definition) is 1. The van der Waals surface area contributed by atoms with Gasteiger partial charge in [0.2, 0.25) is 10.0 Å². The van der Waals surface area contributed by atoms with E-state index in [4.69, 9.17) is 0 Å². The number of nitro benzene ring substituents is 1. The standard InChI is InChI=1S/C17H20FN3O4S/c1-12(2)20(3)26(24,25)15-7-4-13(5-8-15)11-19-16-10-14(18)6-9-17(16)21(22)23/h4-10,12,19H,11H2,1-3H3. The Morgan fingerprint density at radius 3 is 2.35 bits per heavy atom. The summed E-state index contributed by atoms with van der Waals surface area (Å²) in [6.07, 6.45) is 0. The first kappa shape index (κ1) is 19.8. The molecule has 2 rings (SSSR count). The van der Waals surface area contributed by atoms with Crippen molar-refractivity contribution < 1.29 is 17.7 Å². The Labute approximate surface area is 151 Å². The van der Waals surface area contributed by atoms with Gasteiger partial charge in [0, 0.05) is 31.8 Å². The van der Waals surface area contributed by atoms with Crippen molar-refractivity contribution >= 4 is 21.4 Å². The van der Waals surface area contributed by atoms with Gasteiger partial charge in [-0.1, -0.05) is 12.1 Å². The van der Waals surface area contributed by atoms with Gasteiger partial charge in [0.25, 0.3) is 5.69 Å². The third kappa shape index (κ3) is 4.36. The highest BCUT2D eigenvalue weighted by atomic mass is 32.2. The van der Waals surface area contributed by atoms with Crippen molar-refractivity contribution in [3.8, 4) is 0 Å². The number of nitro groups is 1. The number of nitrogens with zero attached hydrogens (tertiary/aromatic N) is 2. The number of rotatable bonds is 7. The first-order valence-electron chi connectivity index (χ1n) is 7.87. The number of halogens is 1. The van der Waals surface area contributed by atoms with Crippen LogP contribution in [0.25, 0.3) is 0 Å². The first-order valence-corrected chi connectivity index (χ1v) is 9.31. The maximum Gasteiger partial charge on any atom is 0.292 e. The molecule has 0 saturated heterocycles. The zero-order chi connectivity index (χ0) is 19.5. The molecule has 0 spiro atoms. The van der Waals surface area contributed by atoms with E-state index in [0.29, 0.717) is 5.56 Å². The summed E-state index contributed by atoms with van der Waals surface area (Å²) < 4.78 is 39.4. The molecular formula is C17H20FN3O4S. The Morgan fingerprint density at radius 2 is 1.81 bits per heavy atom. The van der Waals surface area contributed by atoms with Gasteiger partial charge in [0.1, 0.15) is 11.5 Å². The summed E-state index contributed by atoms with van der Waals surface area (Å²) in [6, 6.07) is 9.17. The lowest BCUT2D eigenvalue weighted by atomic mass is 10.2. The Bertz CT molecular complexity index is 899. The van der Waals surface area contributed by atoms with Crippen molar-refractivity contribution in [3.63, 3.8) is 0 Å². The quantitative estimate of drug-likeness (QED) is 0.586. The fourth-order valence-corrected chi connectivity index (χ4v) is 3.60. The summed E-state index contributed by atoms with van der Waals surface area (Å²) in [5.41, 5.74) is 0.533. The van der Waals surface area contributed by atoms with Crippen LogP contribution in [0.1, 0.15) is 19.4 Å². The molecule has 0 aliphatic carbocycles. The minimum absolute atomic E-state index is 0.0613. The lowest BCUT2D eigenvalue weighted by molar-refractivity contribution is -0.384. The zero-order valence-electron chi connectivity index (χ0n) is 14.6.